The number of pyridine rings is 1. The van der Waals surface area contributed by atoms with Crippen LogP contribution in [0, 0.1) is 0 Å². The van der Waals surface area contributed by atoms with E-state index in [2.05, 4.69) is 26.2 Å². The molecule has 1 aliphatic rings. The van der Waals surface area contributed by atoms with Crippen LogP contribution in [0.5, 0.6) is 0 Å². The second kappa shape index (κ2) is 5.60. The molecule has 0 spiro atoms. The van der Waals surface area contributed by atoms with Crippen LogP contribution in [-0.2, 0) is 0 Å². The van der Waals surface area contributed by atoms with Gasteiger partial charge in [0.15, 0.2) is 0 Å². The maximum Gasteiger partial charge on any atom is 0.253 e. The Balaban J connectivity index is 2.01. The number of nitrogens with zero attached hydrogens (tertiary/aromatic N) is 1. The fraction of sp³-hybridized carbons (Fsp3) is 0.500. The second-order valence-corrected chi connectivity index (χ2v) is 5.24. The number of aromatic nitrogens is 1. The highest BCUT2D eigenvalue weighted by atomic mass is 79.9. The van der Waals surface area contributed by atoms with Crippen LogP contribution in [0.4, 0.5) is 0 Å². The Morgan fingerprint density at radius 2 is 2.18 bits per heavy atom. The minimum absolute atomic E-state index is 0.129. The van der Waals surface area contributed by atoms with E-state index in [1.165, 1.54) is 6.20 Å². The van der Waals surface area contributed by atoms with E-state index in [4.69, 9.17) is 0 Å². The smallest absolute Gasteiger partial charge is 0.253 e. The molecule has 0 aromatic carbocycles. The molecule has 1 aliphatic carbocycles. The lowest BCUT2D eigenvalue weighted by Crippen LogP contribution is -2.45. The summed E-state index contributed by atoms with van der Waals surface area (Å²) in [6.07, 6.45) is 6.43. The Hall–Kier alpha value is -0.940. The van der Waals surface area contributed by atoms with Crippen molar-refractivity contribution in [1.29, 1.82) is 0 Å². The number of carbonyl (C=O) groups excluding carboxylic acids is 1. The fourth-order valence-corrected chi connectivity index (χ4v) is 2.43. The SMILES string of the molecule is O=C(NC1CCCCC1O)c1cncc(Br)c1. The summed E-state index contributed by atoms with van der Waals surface area (Å²) in [6.45, 7) is 0. The Bertz CT molecular complexity index is 411. The molecule has 2 N–H and O–H groups in total. The lowest BCUT2D eigenvalue weighted by Gasteiger charge is -2.28. The number of nitrogens with one attached hydrogen (secondary N) is 1. The van der Waals surface area contributed by atoms with Gasteiger partial charge < -0.3 is 10.4 Å². The fourth-order valence-electron chi connectivity index (χ4n) is 2.07. The number of carbonyl (C=O) groups is 1. The first-order valence-corrected chi connectivity index (χ1v) is 6.55. The maximum atomic E-state index is 11.9. The molecular weight excluding hydrogens is 284 g/mol. The van der Waals surface area contributed by atoms with Crippen molar-refractivity contribution >= 4 is 21.8 Å². The third-order valence-corrected chi connectivity index (χ3v) is 3.45. The van der Waals surface area contributed by atoms with Gasteiger partial charge in [-0.05, 0) is 34.8 Å². The van der Waals surface area contributed by atoms with E-state index in [0.29, 0.717) is 5.56 Å². The van der Waals surface area contributed by atoms with Crippen LogP contribution in [0.3, 0.4) is 0 Å². The Morgan fingerprint density at radius 3 is 2.88 bits per heavy atom. The van der Waals surface area contributed by atoms with Crippen LogP contribution in [0.15, 0.2) is 22.9 Å². The van der Waals surface area contributed by atoms with Crippen molar-refractivity contribution in [3.63, 3.8) is 0 Å². The summed E-state index contributed by atoms with van der Waals surface area (Å²) in [5.41, 5.74) is 0.511. The highest BCUT2D eigenvalue weighted by molar-refractivity contribution is 9.10. The normalized spacial score (nSPS) is 24.4. The summed E-state index contributed by atoms with van der Waals surface area (Å²) in [4.78, 5) is 15.9. The van der Waals surface area contributed by atoms with Crippen LogP contribution < -0.4 is 5.32 Å². The van der Waals surface area contributed by atoms with Crippen molar-refractivity contribution in [2.75, 3.05) is 0 Å². The van der Waals surface area contributed by atoms with E-state index >= 15 is 0 Å². The summed E-state index contributed by atoms with van der Waals surface area (Å²) < 4.78 is 0.773. The highest BCUT2D eigenvalue weighted by Gasteiger charge is 2.24. The summed E-state index contributed by atoms with van der Waals surface area (Å²) in [7, 11) is 0. The molecule has 4 nitrogen and oxygen atoms in total. The molecule has 2 atom stereocenters. The molecule has 1 aromatic rings. The summed E-state index contributed by atoms with van der Waals surface area (Å²) >= 11 is 3.28. The topological polar surface area (TPSA) is 62.2 Å². The van der Waals surface area contributed by atoms with Crippen molar-refractivity contribution in [1.82, 2.24) is 10.3 Å². The largest absolute Gasteiger partial charge is 0.391 e. The molecule has 2 rings (SSSR count). The molecule has 1 amide bonds. The number of hydrogen-bond acceptors (Lipinski definition) is 3. The third-order valence-electron chi connectivity index (χ3n) is 3.01. The molecule has 92 valence electrons. The highest BCUT2D eigenvalue weighted by Crippen LogP contribution is 2.19. The number of aliphatic hydroxyl groups is 1. The van der Waals surface area contributed by atoms with E-state index in [1.807, 2.05) is 0 Å². The van der Waals surface area contributed by atoms with Gasteiger partial charge in [-0.15, -0.1) is 0 Å². The molecule has 0 saturated heterocycles. The van der Waals surface area contributed by atoms with Crippen molar-refractivity contribution < 1.29 is 9.90 Å². The zero-order valence-corrected chi connectivity index (χ0v) is 11.0. The number of rotatable bonds is 2. The predicted octanol–water partition coefficient (Wildman–Crippen LogP) is 1.88. The van der Waals surface area contributed by atoms with Gasteiger partial charge >= 0.3 is 0 Å². The number of halogens is 1. The molecule has 5 heteroatoms. The molecule has 17 heavy (non-hydrogen) atoms. The summed E-state index contributed by atoms with van der Waals surface area (Å²) in [6, 6.07) is 1.59. The monoisotopic (exact) mass is 298 g/mol. The van der Waals surface area contributed by atoms with E-state index in [1.54, 1.807) is 12.3 Å². The molecule has 1 aromatic heterocycles. The van der Waals surface area contributed by atoms with Gasteiger partial charge in [0.25, 0.3) is 5.91 Å². The van der Waals surface area contributed by atoms with E-state index < -0.39 is 6.10 Å². The van der Waals surface area contributed by atoms with E-state index in [-0.39, 0.29) is 11.9 Å². The van der Waals surface area contributed by atoms with Gasteiger partial charge in [0, 0.05) is 16.9 Å². The summed E-state index contributed by atoms with van der Waals surface area (Å²) in [5, 5.41) is 12.6. The Kier molecular flexibility index (Phi) is 4.12. The third kappa shape index (κ3) is 3.26. The van der Waals surface area contributed by atoms with Gasteiger partial charge in [-0.3, -0.25) is 9.78 Å². The maximum absolute atomic E-state index is 11.9. The predicted molar refractivity (Wildman–Crippen MR) is 67.7 cm³/mol. The number of amides is 1. The number of aliphatic hydroxyl groups excluding tert-OH is 1. The summed E-state index contributed by atoms with van der Waals surface area (Å²) in [5.74, 6) is -0.176. The molecule has 0 aliphatic heterocycles. The zero-order chi connectivity index (χ0) is 12.3. The minimum atomic E-state index is -0.423. The van der Waals surface area contributed by atoms with E-state index in [9.17, 15) is 9.90 Å². The molecule has 0 radical (unpaired) electrons. The lowest BCUT2D eigenvalue weighted by molar-refractivity contribution is 0.0717. The van der Waals surface area contributed by atoms with Crippen molar-refractivity contribution in [2.45, 2.75) is 37.8 Å². The first-order chi connectivity index (χ1) is 8.16. The Labute approximate surface area is 109 Å². The zero-order valence-electron chi connectivity index (χ0n) is 9.40. The first kappa shape index (κ1) is 12.5. The Morgan fingerprint density at radius 1 is 1.41 bits per heavy atom. The van der Waals surface area contributed by atoms with Gasteiger partial charge in [0.1, 0.15) is 0 Å². The van der Waals surface area contributed by atoms with Crippen LogP contribution in [0.25, 0.3) is 0 Å². The minimum Gasteiger partial charge on any atom is -0.391 e. The average Bonchev–Trinajstić information content (AvgIpc) is 2.32. The average molecular weight is 299 g/mol. The quantitative estimate of drug-likeness (QED) is 0.876. The first-order valence-electron chi connectivity index (χ1n) is 5.76. The molecular formula is C12H15BrN2O2. The molecule has 2 unspecified atom stereocenters. The van der Waals surface area contributed by atoms with Gasteiger partial charge in [-0.25, -0.2) is 0 Å². The standard InChI is InChI=1S/C12H15BrN2O2/c13-9-5-8(6-14-7-9)12(17)15-10-3-1-2-4-11(10)16/h5-7,10-11,16H,1-4H2,(H,15,17). The van der Waals surface area contributed by atoms with Crippen molar-refractivity contribution in [2.24, 2.45) is 0 Å². The van der Waals surface area contributed by atoms with Crippen LogP contribution in [0.2, 0.25) is 0 Å². The second-order valence-electron chi connectivity index (χ2n) is 4.32. The van der Waals surface area contributed by atoms with Crippen molar-refractivity contribution in [3.05, 3.63) is 28.5 Å². The van der Waals surface area contributed by atoms with Crippen LogP contribution in [-0.4, -0.2) is 28.1 Å². The van der Waals surface area contributed by atoms with Crippen molar-refractivity contribution in [3.8, 4) is 0 Å². The van der Waals surface area contributed by atoms with Gasteiger partial charge in [-0.2, -0.15) is 0 Å². The lowest BCUT2D eigenvalue weighted by atomic mass is 9.92. The molecule has 1 heterocycles. The number of hydrogen-bond donors (Lipinski definition) is 2. The van der Waals surface area contributed by atoms with Gasteiger partial charge in [-0.1, -0.05) is 12.8 Å². The molecule has 0 bridgehead atoms. The van der Waals surface area contributed by atoms with Gasteiger partial charge in [0.05, 0.1) is 17.7 Å². The van der Waals surface area contributed by atoms with Crippen LogP contribution >= 0.6 is 15.9 Å². The van der Waals surface area contributed by atoms with E-state index in [0.717, 1.165) is 30.2 Å². The molecule has 1 saturated carbocycles. The molecule has 1 fully saturated rings. The van der Waals surface area contributed by atoms with Crippen LogP contribution in [0.1, 0.15) is 36.0 Å². The van der Waals surface area contributed by atoms with Gasteiger partial charge in [0.2, 0.25) is 0 Å².